The summed E-state index contributed by atoms with van der Waals surface area (Å²) in [7, 11) is 3.53. The molecule has 5 heteroatoms. The van der Waals surface area contributed by atoms with Crippen molar-refractivity contribution in [2.24, 2.45) is 0 Å². The molecule has 0 radical (unpaired) electrons. The van der Waals surface area contributed by atoms with Gasteiger partial charge in [0.25, 0.3) is 0 Å². The summed E-state index contributed by atoms with van der Waals surface area (Å²) >= 11 is 0. The SMILES string of the molecule is COCCCNc1nc(C)cn1C1CCCC1OC. The van der Waals surface area contributed by atoms with Gasteiger partial charge in [0.2, 0.25) is 5.95 Å². The first-order chi connectivity index (χ1) is 9.26. The van der Waals surface area contributed by atoms with Crippen LogP contribution in [0.3, 0.4) is 0 Å². The molecule has 1 fully saturated rings. The Hall–Kier alpha value is -1.07. The maximum Gasteiger partial charge on any atom is 0.203 e. The quantitative estimate of drug-likeness (QED) is 0.771. The van der Waals surface area contributed by atoms with Crippen LogP contribution in [0.4, 0.5) is 5.95 Å². The number of aromatic nitrogens is 2. The monoisotopic (exact) mass is 267 g/mol. The van der Waals surface area contributed by atoms with Crippen molar-refractivity contribution in [3.05, 3.63) is 11.9 Å². The Kier molecular flexibility index (Phi) is 5.22. The molecule has 0 amide bonds. The van der Waals surface area contributed by atoms with Gasteiger partial charge in [-0.1, -0.05) is 0 Å². The van der Waals surface area contributed by atoms with Gasteiger partial charge < -0.3 is 19.4 Å². The molecule has 108 valence electrons. The molecule has 1 aromatic heterocycles. The van der Waals surface area contributed by atoms with Crippen LogP contribution in [0.5, 0.6) is 0 Å². The molecule has 19 heavy (non-hydrogen) atoms. The largest absolute Gasteiger partial charge is 0.385 e. The van der Waals surface area contributed by atoms with Crippen LogP contribution >= 0.6 is 0 Å². The van der Waals surface area contributed by atoms with Crippen LogP contribution in [0.1, 0.15) is 37.4 Å². The molecule has 5 nitrogen and oxygen atoms in total. The third kappa shape index (κ3) is 3.48. The average molecular weight is 267 g/mol. The van der Waals surface area contributed by atoms with Crippen LogP contribution < -0.4 is 5.32 Å². The molecule has 1 aromatic rings. The second kappa shape index (κ2) is 6.91. The number of rotatable bonds is 7. The normalized spacial score (nSPS) is 22.9. The van der Waals surface area contributed by atoms with E-state index in [0.717, 1.165) is 37.6 Å². The Morgan fingerprint density at radius 2 is 2.26 bits per heavy atom. The molecule has 1 heterocycles. The third-order valence-electron chi connectivity index (χ3n) is 3.74. The number of nitrogens with one attached hydrogen (secondary N) is 1. The Morgan fingerprint density at radius 1 is 1.42 bits per heavy atom. The molecular weight excluding hydrogens is 242 g/mol. The van der Waals surface area contributed by atoms with E-state index in [4.69, 9.17) is 9.47 Å². The van der Waals surface area contributed by atoms with Gasteiger partial charge in [-0.2, -0.15) is 0 Å². The smallest absolute Gasteiger partial charge is 0.203 e. The molecule has 1 aliphatic carbocycles. The Bertz CT molecular complexity index is 392. The van der Waals surface area contributed by atoms with Gasteiger partial charge in [0.15, 0.2) is 0 Å². The molecule has 2 atom stereocenters. The number of anilines is 1. The fourth-order valence-corrected chi connectivity index (χ4v) is 2.82. The zero-order valence-corrected chi connectivity index (χ0v) is 12.2. The summed E-state index contributed by atoms with van der Waals surface area (Å²) in [6, 6.07) is 0.413. The lowest BCUT2D eigenvalue weighted by Gasteiger charge is -2.22. The van der Waals surface area contributed by atoms with Crippen LogP contribution in [0.15, 0.2) is 6.20 Å². The van der Waals surface area contributed by atoms with Crippen molar-refractivity contribution in [1.82, 2.24) is 9.55 Å². The van der Waals surface area contributed by atoms with Crippen molar-refractivity contribution < 1.29 is 9.47 Å². The number of imidazole rings is 1. The predicted molar refractivity (Wildman–Crippen MR) is 75.6 cm³/mol. The number of hydrogen-bond acceptors (Lipinski definition) is 4. The van der Waals surface area contributed by atoms with E-state index in [2.05, 4.69) is 21.1 Å². The molecule has 0 spiro atoms. The minimum absolute atomic E-state index is 0.313. The first kappa shape index (κ1) is 14.3. The van der Waals surface area contributed by atoms with E-state index in [1.54, 1.807) is 14.2 Å². The Labute approximate surface area is 115 Å². The van der Waals surface area contributed by atoms with Crippen LogP contribution in [0, 0.1) is 6.92 Å². The van der Waals surface area contributed by atoms with Gasteiger partial charge in [0, 0.05) is 33.6 Å². The van der Waals surface area contributed by atoms with Gasteiger partial charge >= 0.3 is 0 Å². The first-order valence-corrected chi connectivity index (χ1v) is 7.07. The molecule has 0 aromatic carbocycles. The Balaban J connectivity index is 2.03. The van der Waals surface area contributed by atoms with Gasteiger partial charge in [0.05, 0.1) is 17.8 Å². The maximum absolute atomic E-state index is 5.59. The molecule has 0 saturated heterocycles. The van der Waals surface area contributed by atoms with Crippen LogP contribution in [0.25, 0.3) is 0 Å². The number of ether oxygens (including phenoxy) is 2. The van der Waals surface area contributed by atoms with E-state index in [9.17, 15) is 0 Å². The molecule has 0 bridgehead atoms. The highest BCUT2D eigenvalue weighted by atomic mass is 16.5. The highest BCUT2D eigenvalue weighted by Crippen LogP contribution is 2.34. The lowest BCUT2D eigenvalue weighted by Crippen LogP contribution is -2.22. The summed E-state index contributed by atoms with van der Waals surface area (Å²) < 4.78 is 12.9. The summed E-state index contributed by atoms with van der Waals surface area (Å²) in [5.41, 5.74) is 1.05. The van der Waals surface area contributed by atoms with Crippen molar-refractivity contribution >= 4 is 5.95 Å². The van der Waals surface area contributed by atoms with E-state index >= 15 is 0 Å². The first-order valence-electron chi connectivity index (χ1n) is 7.07. The predicted octanol–water partition coefficient (Wildman–Crippen LogP) is 2.38. The number of aryl methyl sites for hydroxylation is 1. The van der Waals surface area contributed by atoms with E-state index in [1.165, 1.54) is 12.8 Å². The van der Waals surface area contributed by atoms with Crippen LogP contribution in [-0.4, -0.2) is 43.0 Å². The van der Waals surface area contributed by atoms with Gasteiger partial charge in [-0.25, -0.2) is 4.98 Å². The highest BCUT2D eigenvalue weighted by Gasteiger charge is 2.30. The van der Waals surface area contributed by atoms with Gasteiger partial charge in [-0.05, 0) is 32.6 Å². The van der Waals surface area contributed by atoms with Crippen LogP contribution in [-0.2, 0) is 9.47 Å². The fraction of sp³-hybridized carbons (Fsp3) is 0.786. The summed E-state index contributed by atoms with van der Waals surface area (Å²) in [4.78, 5) is 4.58. The van der Waals surface area contributed by atoms with Gasteiger partial charge in [-0.15, -0.1) is 0 Å². The van der Waals surface area contributed by atoms with Crippen molar-refractivity contribution in [2.75, 3.05) is 32.7 Å². The van der Waals surface area contributed by atoms with E-state index in [1.807, 2.05) is 6.92 Å². The van der Waals surface area contributed by atoms with E-state index in [-0.39, 0.29) is 0 Å². The second-order valence-electron chi connectivity index (χ2n) is 5.16. The topological polar surface area (TPSA) is 48.3 Å². The van der Waals surface area contributed by atoms with Crippen molar-refractivity contribution in [3.63, 3.8) is 0 Å². The van der Waals surface area contributed by atoms with Crippen molar-refractivity contribution in [2.45, 2.75) is 44.8 Å². The fourth-order valence-electron chi connectivity index (χ4n) is 2.82. The maximum atomic E-state index is 5.59. The van der Waals surface area contributed by atoms with Crippen LogP contribution in [0.2, 0.25) is 0 Å². The number of hydrogen-bond donors (Lipinski definition) is 1. The van der Waals surface area contributed by atoms with Gasteiger partial charge in [0.1, 0.15) is 0 Å². The summed E-state index contributed by atoms with van der Waals surface area (Å²) in [5.74, 6) is 0.961. The lowest BCUT2D eigenvalue weighted by molar-refractivity contribution is 0.0755. The van der Waals surface area contributed by atoms with Gasteiger partial charge in [-0.3, -0.25) is 0 Å². The standard InChI is InChI=1S/C14H25N3O2/c1-11-10-17(12-6-4-7-13(12)19-3)14(16-11)15-8-5-9-18-2/h10,12-13H,4-9H2,1-3H3,(H,15,16). The van der Waals surface area contributed by atoms with Crippen molar-refractivity contribution in [1.29, 1.82) is 0 Å². The third-order valence-corrected chi connectivity index (χ3v) is 3.74. The zero-order valence-electron chi connectivity index (χ0n) is 12.2. The minimum Gasteiger partial charge on any atom is -0.385 e. The summed E-state index contributed by atoms with van der Waals surface area (Å²) in [6.45, 7) is 3.69. The van der Waals surface area contributed by atoms with Crippen molar-refractivity contribution in [3.8, 4) is 0 Å². The number of methoxy groups -OCH3 is 2. The average Bonchev–Trinajstić information content (AvgIpc) is 3.00. The summed E-state index contributed by atoms with van der Waals surface area (Å²) in [5, 5.41) is 3.41. The lowest BCUT2D eigenvalue weighted by atomic mass is 10.2. The molecule has 1 aliphatic rings. The molecular formula is C14H25N3O2. The highest BCUT2D eigenvalue weighted by molar-refractivity contribution is 5.30. The molecule has 1 saturated carbocycles. The minimum atomic E-state index is 0.313. The summed E-state index contributed by atoms with van der Waals surface area (Å²) in [6.07, 6.45) is 6.96. The Morgan fingerprint density at radius 3 is 3.00 bits per heavy atom. The second-order valence-corrected chi connectivity index (χ2v) is 5.16. The molecule has 2 rings (SSSR count). The van der Waals surface area contributed by atoms with E-state index in [0.29, 0.717) is 12.1 Å². The molecule has 0 aliphatic heterocycles. The molecule has 2 unspecified atom stereocenters. The zero-order chi connectivity index (χ0) is 13.7. The number of nitrogens with zero attached hydrogens (tertiary/aromatic N) is 2. The van der Waals surface area contributed by atoms with E-state index < -0.39 is 0 Å². The molecule has 1 N–H and O–H groups in total.